The van der Waals surface area contributed by atoms with Crippen molar-refractivity contribution in [1.29, 1.82) is 0 Å². The highest BCUT2D eigenvalue weighted by Crippen LogP contribution is 2.28. The second-order valence-corrected chi connectivity index (χ2v) is 5.00. The second-order valence-electron chi connectivity index (χ2n) is 5.00. The number of fused-ring (bicyclic) bond motifs is 1. The van der Waals surface area contributed by atoms with Crippen LogP contribution in [0.5, 0.6) is 0 Å². The first-order chi connectivity index (χ1) is 8.34. The fraction of sp³-hybridized carbons (Fsp3) is 0.571. The molecule has 92 valence electrons. The van der Waals surface area contributed by atoms with Crippen molar-refractivity contribution in [2.75, 3.05) is 44.8 Å². The van der Waals surface area contributed by atoms with Gasteiger partial charge in [0.25, 0.3) is 0 Å². The van der Waals surface area contributed by atoms with E-state index in [-0.39, 0.29) is 0 Å². The quantitative estimate of drug-likeness (QED) is 0.730. The summed E-state index contributed by atoms with van der Waals surface area (Å²) in [5, 5.41) is 0. The number of hydrogen-bond donors (Lipinski definition) is 0. The van der Waals surface area contributed by atoms with Gasteiger partial charge in [0.1, 0.15) is 0 Å². The maximum absolute atomic E-state index is 5.43. The molecule has 0 spiro atoms. The van der Waals surface area contributed by atoms with Gasteiger partial charge in [-0.3, -0.25) is 0 Å². The third-order valence-corrected chi connectivity index (χ3v) is 3.78. The van der Waals surface area contributed by atoms with Gasteiger partial charge < -0.3 is 14.5 Å². The average Bonchev–Trinajstić information content (AvgIpc) is 2.39. The fourth-order valence-corrected chi connectivity index (χ4v) is 2.83. The van der Waals surface area contributed by atoms with Crippen molar-refractivity contribution in [2.24, 2.45) is 0 Å². The van der Waals surface area contributed by atoms with Crippen molar-refractivity contribution in [2.45, 2.75) is 13.0 Å². The van der Waals surface area contributed by atoms with Crippen LogP contribution in [-0.4, -0.2) is 44.8 Å². The molecule has 3 heteroatoms. The molecule has 0 aromatic heterocycles. The maximum atomic E-state index is 5.43. The van der Waals surface area contributed by atoms with E-state index < -0.39 is 0 Å². The molecular weight excluding hydrogens is 212 g/mol. The Hall–Kier alpha value is -1.06. The molecule has 0 aliphatic carbocycles. The zero-order valence-corrected chi connectivity index (χ0v) is 10.5. The van der Waals surface area contributed by atoms with E-state index in [9.17, 15) is 0 Å². The largest absolute Gasteiger partial charge is 0.378 e. The Morgan fingerprint density at radius 1 is 1.12 bits per heavy atom. The third kappa shape index (κ3) is 2.17. The van der Waals surface area contributed by atoms with Gasteiger partial charge in [-0.05, 0) is 30.7 Å². The Kier molecular flexibility index (Phi) is 3.04. The second kappa shape index (κ2) is 4.67. The molecule has 3 rings (SSSR count). The van der Waals surface area contributed by atoms with Gasteiger partial charge in [0.15, 0.2) is 0 Å². The zero-order chi connectivity index (χ0) is 11.7. The predicted molar refractivity (Wildman–Crippen MR) is 69.5 cm³/mol. The summed E-state index contributed by atoms with van der Waals surface area (Å²) in [5.41, 5.74) is 4.51. The van der Waals surface area contributed by atoms with Crippen molar-refractivity contribution in [3.63, 3.8) is 0 Å². The average molecular weight is 232 g/mol. The summed E-state index contributed by atoms with van der Waals surface area (Å²) in [5.74, 6) is 0. The lowest BCUT2D eigenvalue weighted by Gasteiger charge is -2.34. The predicted octanol–water partition coefficient (Wildman–Crippen LogP) is 1.51. The standard InChI is InChI=1S/C14H20N2O/c1-15-6-5-13-12(11-15)3-2-4-14(13)16-7-9-17-10-8-16/h2-4H,5-11H2,1H3. The van der Waals surface area contributed by atoms with Crippen LogP contribution in [0.25, 0.3) is 0 Å². The summed E-state index contributed by atoms with van der Waals surface area (Å²) < 4.78 is 5.43. The van der Waals surface area contributed by atoms with Crippen molar-refractivity contribution in [3.8, 4) is 0 Å². The maximum Gasteiger partial charge on any atom is 0.0642 e. The number of ether oxygens (including phenoxy) is 1. The number of hydrogen-bond acceptors (Lipinski definition) is 3. The first-order valence-corrected chi connectivity index (χ1v) is 6.46. The lowest BCUT2D eigenvalue weighted by atomic mass is 9.97. The number of nitrogens with zero attached hydrogens (tertiary/aromatic N) is 2. The van der Waals surface area contributed by atoms with Gasteiger partial charge in [0.2, 0.25) is 0 Å². The Balaban J connectivity index is 1.91. The molecule has 2 heterocycles. The highest BCUT2D eigenvalue weighted by atomic mass is 16.5. The molecule has 0 atom stereocenters. The molecule has 2 aliphatic heterocycles. The first kappa shape index (κ1) is 11.1. The van der Waals surface area contributed by atoms with Crippen LogP contribution in [0.1, 0.15) is 11.1 Å². The molecule has 1 aromatic rings. The number of anilines is 1. The summed E-state index contributed by atoms with van der Waals surface area (Å²) in [6, 6.07) is 6.74. The van der Waals surface area contributed by atoms with Crippen LogP contribution < -0.4 is 4.90 Å². The van der Waals surface area contributed by atoms with Crippen molar-refractivity contribution < 1.29 is 4.74 Å². The van der Waals surface area contributed by atoms with E-state index >= 15 is 0 Å². The van der Waals surface area contributed by atoms with Crippen molar-refractivity contribution in [3.05, 3.63) is 29.3 Å². The number of rotatable bonds is 1. The Labute approximate surface area is 103 Å². The minimum absolute atomic E-state index is 0.865. The molecule has 0 bridgehead atoms. The molecule has 3 nitrogen and oxygen atoms in total. The summed E-state index contributed by atoms with van der Waals surface area (Å²) in [6.07, 6.45) is 1.18. The molecule has 0 radical (unpaired) electrons. The van der Waals surface area contributed by atoms with Crippen molar-refractivity contribution >= 4 is 5.69 Å². The molecule has 1 fully saturated rings. The molecule has 2 aliphatic rings. The van der Waals surface area contributed by atoms with E-state index in [1.54, 1.807) is 5.56 Å². The third-order valence-electron chi connectivity index (χ3n) is 3.78. The lowest BCUT2D eigenvalue weighted by Crippen LogP contribution is -2.38. The fourth-order valence-electron chi connectivity index (χ4n) is 2.83. The Morgan fingerprint density at radius 3 is 2.76 bits per heavy atom. The molecule has 17 heavy (non-hydrogen) atoms. The van der Waals surface area contributed by atoms with Crippen LogP contribution in [0, 0.1) is 0 Å². The SMILES string of the molecule is CN1CCc2c(cccc2N2CCOCC2)C1. The van der Waals surface area contributed by atoms with Gasteiger partial charge in [-0.15, -0.1) is 0 Å². The van der Waals surface area contributed by atoms with E-state index in [0.29, 0.717) is 0 Å². The van der Waals surface area contributed by atoms with Crippen LogP contribution in [-0.2, 0) is 17.7 Å². The van der Waals surface area contributed by atoms with Gasteiger partial charge in [-0.1, -0.05) is 12.1 Å². The minimum Gasteiger partial charge on any atom is -0.378 e. The molecule has 1 saturated heterocycles. The minimum atomic E-state index is 0.865. The van der Waals surface area contributed by atoms with Crippen LogP contribution in [0.3, 0.4) is 0 Å². The Bertz CT molecular complexity index is 399. The van der Waals surface area contributed by atoms with Crippen LogP contribution >= 0.6 is 0 Å². The number of likely N-dealkylation sites (N-methyl/N-ethyl adjacent to an activating group) is 1. The van der Waals surface area contributed by atoms with E-state index in [2.05, 4.69) is 35.0 Å². The molecule has 0 unspecified atom stereocenters. The van der Waals surface area contributed by atoms with E-state index in [1.165, 1.54) is 24.2 Å². The monoisotopic (exact) mass is 232 g/mol. The van der Waals surface area contributed by atoms with Gasteiger partial charge >= 0.3 is 0 Å². The highest BCUT2D eigenvalue weighted by molar-refractivity contribution is 5.58. The first-order valence-electron chi connectivity index (χ1n) is 6.46. The summed E-state index contributed by atoms with van der Waals surface area (Å²) >= 11 is 0. The van der Waals surface area contributed by atoms with Crippen LogP contribution in [0.2, 0.25) is 0 Å². The summed E-state index contributed by atoms with van der Waals surface area (Å²) in [4.78, 5) is 4.87. The van der Waals surface area contributed by atoms with E-state index in [1.807, 2.05) is 0 Å². The topological polar surface area (TPSA) is 15.7 Å². The van der Waals surface area contributed by atoms with Gasteiger partial charge in [0, 0.05) is 31.9 Å². The van der Waals surface area contributed by atoms with E-state index in [0.717, 1.165) is 32.8 Å². The van der Waals surface area contributed by atoms with Gasteiger partial charge in [0.05, 0.1) is 13.2 Å². The summed E-state index contributed by atoms with van der Waals surface area (Å²) in [6.45, 7) is 6.06. The molecule has 0 amide bonds. The number of benzene rings is 1. The van der Waals surface area contributed by atoms with E-state index in [4.69, 9.17) is 4.74 Å². The molecule has 0 N–H and O–H groups in total. The molecular formula is C14H20N2O. The van der Waals surface area contributed by atoms with Crippen LogP contribution in [0.4, 0.5) is 5.69 Å². The van der Waals surface area contributed by atoms with Gasteiger partial charge in [-0.2, -0.15) is 0 Å². The zero-order valence-electron chi connectivity index (χ0n) is 10.5. The Morgan fingerprint density at radius 2 is 1.94 bits per heavy atom. The number of morpholine rings is 1. The van der Waals surface area contributed by atoms with Gasteiger partial charge in [-0.25, -0.2) is 0 Å². The van der Waals surface area contributed by atoms with Crippen molar-refractivity contribution in [1.82, 2.24) is 4.90 Å². The summed E-state index contributed by atoms with van der Waals surface area (Å²) in [7, 11) is 2.20. The molecule has 0 saturated carbocycles. The lowest BCUT2D eigenvalue weighted by molar-refractivity contribution is 0.122. The smallest absolute Gasteiger partial charge is 0.0642 e. The molecule has 1 aromatic carbocycles. The van der Waals surface area contributed by atoms with Crippen LogP contribution in [0.15, 0.2) is 18.2 Å². The highest BCUT2D eigenvalue weighted by Gasteiger charge is 2.20. The normalized spacial score (nSPS) is 21.4.